The van der Waals surface area contributed by atoms with Gasteiger partial charge in [-0.2, -0.15) is 8.42 Å². The molecule has 0 spiro atoms. The van der Waals surface area contributed by atoms with Gasteiger partial charge in [-0.3, -0.25) is 4.18 Å². The quantitative estimate of drug-likeness (QED) is 0.645. The molecular weight excluding hydrogens is 388 g/mol. The van der Waals surface area contributed by atoms with Gasteiger partial charge < -0.3 is 9.47 Å². The van der Waals surface area contributed by atoms with Crippen LogP contribution in [0, 0.1) is 20.8 Å². The van der Waals surface area contributed by atoms with Gasteiger partial charge in [0, 0.05) is 5.56 Å². The smallest absolute Gasteiger partial charge is 0.264 e. The van der Waals surface area contributed by atoms with E-state index in [1.54, 1.807) is 6.92 Å². The SMILES string of the molecule is CCOS(C)(=O)=O.Cc1c(C)c2c(c(C)c1OCc1ccccc1)CC[C@H](C)O2. The first-order valence-electron chi connectivity index (χ1n) is 9.94. The number of ether oxygens (including phenoxy) is 2. The minimum atomic E-state index is -3.17. The number of hydrogen-bond donors (Lipinski definition) is 0. The molecule has 1 aliphatic heterocycles. The van der Waals surface area contributed by atoms with Crippen LogP contribution >= 0.6 is 0 Å². The molecule has 6 heteroatoms. The fourth-order valence-corrected chi connectivity index (χ4v) is 3.81. The molecule has 0 saturated heterocycles. The van der Waals surface area contributed by atoms with Crippen LogP contribution in [0.25, 0.3) is 0 Å². The van der Waals surface area contributed by atoms with E-state index in [1.165, 1.54) is 27.8 Å². The van der Waals surface area contributed by atoms with Crippen molar-refractivity contribution >= 4 is 10.1 Å². The second-order valence-electron chi connectivity index (χ2n) is 7.36. The second-order valence-corrected chi connectivity index (χ2v) is 9.01. The largest absolute Gasteiger partial charge is 0.490 e. The van der Waals surface area contributed by atoms with Crippen LogP contribution in [-0.2, 0) is 27.3 Å². The molecule has 0 saturated carbocycles. The maximum Gasteiger partial charge on any atom is 0.264 e. The highest BCUT2D eigenvalue weighted by atomic mass is 32.2. The van der Waals surface area contributed by atoms with Crippen LogP contribution in [0.1, 0.15) is 48.1 Å². The first-order chi connectivity index (χ1) is 13.6. The molecular formula is C23H32O5S. The van der Waals surface area contributed by atoms with Gasteiger partial charge in [0.05, 0.1) is 19.0 Å². The van der Waals surface area contributed by atoms with E-state index in [-0.39, 0.29) is 6.61 Å². The Morgan fingerprint density at radius 2 is 1.72 bits per heavy atom. The zero-order valence-electron chi connectivity index (χ0n) is 18.2. The molecule has 1 atom stereocenters. The van der Waals surface area contributed by atoms with Crippen LogP contribution in [0.5, 0.6) is 11.5 Å². The highest BCUT2D eigenvalue weighted by molar-refractivity contribution is 7.85. The fraction of sp³-hybridized carbons (Fsp3) is 0.478. The molecule has 0 aromatic heterocycles. The molecule has 1 heterocycles. The molecule has 0 fully saturated rings. The molecule has 0 N–H and O–H groups in total. The van der Waals surface area contributed by atoms with Crippen molar-refractivity contribution in [3.63, 3.8) is 0 Å². The zero-order valence-corrected chi connectivity index (χ0v) is 19.1. The summed E-state index contributed by atoms with van der Waals surface area (Å²) < 4.78 is 36.5. The van der Waals surface area contributed by atoms with Gasteiger partial charge >= 0.3 is 0 Å². The number of benzene rings is 2. The van der Waals surface area contributed by atoms with E-state index in [0.29, 0.717) is 12.7 Å². The average molecular weight is 421 g/mol. The summed E-state index contributed by atoms with van der Waals surface area (Å²) in [5, 5.41) is 0. The third-order valence-electron chi connectivity index (χ3n) is 4.99. The standard InChI is InChI=1S/C20H24O2.C3H8O3S/c1-13-10-11-18-16(4)19(14(2)15(3)20(18)22-13)21-12-17-8-6-5-7-9-17;1-3-6-7(2,4)5/h5-9,13H,10-12H2,1-4H3;3H2,1-2H3/t13-;/m0./s1. The van der Waals surface area contributed by atoms with Crippen molar-refractivity contribution in [2.24, 2.45) is 0 Å². The van der Waals surface area contributed by atoms with Gasteiger partial charge in [-0.25, -0.2) is 0 Å². The van der Waals surface area contributed by atoms with E-state index in [4.69, 9.17) is 9.47 Å². The molecule has 160 valence electrons. The Bertz CT molecular complexity index is 920. The summed E-state index contributed by atoms with van der Waals surface area (Å²) in [6, 6.07) is 10.3. The maximum atomic E-state index is 10.0. The summed E-state index contributed by atoms with van der Waals surface area (Å²) in [4.78, 5) is 0. The minimum Gasteiger partial charge on any atom is -0.490 e. The van der Waals surface area contributed by atoms with Crippen molar-refractivity contribution < 1.29 is 22.1 Å². The molecule has 1 aliphatic rings. The molecule has 5 nitrogen and oxygen atoms in total. The van der Waals surface area contributed by atoms with Crippen LogP contribution in [0.3, 0.4) is 0 Å². The lowest BCUT2D eigenvalue weighted by atomic mass is 9.92. The Hall–Kier alpha value is -2.05. The predicted octanol–water partition coefficient (Wildman–Crippen LogP) is 4.89. The van der Waals surface area contributed by atoms with Gasteiger partial charge in [0.1, 0.15) is 18.1 Å². The highest BCUT2D eigenvalue weighted by Gasteiger charge is 2.24. The van der Waals surface area contributed by atoms with E-state index in [1.807, 2.05) is 18.2 Å². The molecule has 0 radical (unpaired) electrons. The van der Waals surface area contributed by atoms with Crippen molar-refractivity contribution in [1.29, 1.82) is 0 Å². The number of rotatable bonds is 5. The molecule has 0 aliphatic carbocycles. The summed E-state index contributed by atoms with van der Waals surface area (Å²) >= 11 is 0. The Labute approximate surface area is 175 Å². The van der Waals surface area contributed by atoms with Crippen molar-refractivity contribution in [3.8, 4) is 11.5 Å². The van der Waals surface area contributed by atoms with Crippen molar-refractivity contribution in [1.82, 2.24) is 0 Å². The molecule has 0 bridgehead atoms. The minimum absolute atomic E-state index is 0.221. The lowest BCUT2D eigenvalue weighted by Gasteiger charge is -2.29. The zero-order chi connectivity index (χ0) is 21.6. The highest BCUT2D eigenvalue weighted by Crippen LogP contribution is 2.41. The fourth-order valence-electron chi connectivity index (χ4n) is 3.38. The van der Waals surface area contributed by atoms with Crippen molar-refractivity contribution in [2.45, 2.75) is 60.2 Å². The first-order valence-corrected chi connectivity index (χ1v) is 11.8. The lowest BCUT2D eigenvalue weighted by molar-refractivity contribution is 0.189. The molecule has 0 unspecified atom stereocenters. The van der Waals surface area contributed by atoms with Gasteiger partial charge in [-0.05, 0) is 69.7 Å². The van der Waals surface area contributed by atoms with E-state index in [0.717, 1.165) is 30.6 Å². The lowest BCUT2D eigenvalue weighted by Crippen LogP contribution is -2.21. The monoisotopic (exact) mass is 420 g/mol. The summed E-state index contributed by atoms with van der Waals surface area (Å²) in [7, 11) is -3.17. The van der Waals surface area contributed by atoms with Crippen LogP contribution < -0.4 is 9.47 Å². The third-order valence-corrected chi connectivity index (χ3v) is 5.65. The summed E-state index contributed by atoms with van der Waals surface area (Å²) in [5.74, 6) is 2.11. The van der Waals surface area contributed by atoms with Gasteiger partial charge in [0.15, 0.2) is 0 Å². The van der Waals surface area contributed by atoms with E-state index < -0.39 is 10.1 Å². The Morgan fingerprint density at radius 1 is 1.07 bits per heavy atom. The molecule has 0 amide bonds. The van der Waals surface area contributed by atoms with Gasteiger partial charge in [-0.1, -0.05) is 30.3 Å². The van der Waals surface area contributed by atoms with Gasteiger partial charge in [0.25, 0.3) is 10.1 Å². The van der Waals surface area contributed by atoms with E-state index in [2.05, 4.69) is 44.0 Å². The Morgan fingerprint density at radius 3 is 2.28 bits per heavy atom. The van der Waals surface area contributed by atoms with Crippen LogP contribution in [0.4, 0.5) is 0 Å². The normalized spacial score (nSPS) is 15.6. The Kier molecular flexibility index (Phi) is 8.11. The molecule has 2 aromatic carbocycles. The average Bonchev–Trinajstić information content (AvgIpc) is 2.66. The summed E-state index contributed by atoms with van der Waals surface area (Å²) in [6.07, 6.45) is 3.48. The van der Waals surface area contributed by atoms with Crippen molar-refractivity contribution in [3.05, 3.63) is 58.1 Å². The number of hydrogen-bond acceptors (Lipinski definition) is 5. The van der Waals surface area contributed by atoms with Crippen molar-refractivity contribution in [2.75, 3.05) is 12.9 Å². The van der Waals surface area contributed by atoms with Crippen LogP contribution in [-0.4, -0.2) is 27.4 Å². The topological polar surface area (TPSA) is 61.8 Å². The van der Waals surface area contributed by atoms with Gasteiger partial charge in [-0.15, -0.1) is 0 Å². The molecule has 29 heavy (non-hydrogen) atoms. The number of fused-ring (bicyclic) bond motifs is 1. The predicted molar refractivity (Wildman–Crippen MR) is 116 cm³/mol. The Balaban J connectivity index is 0.000000370. The van der Waals surface area contributed by atoms with Gasteiger partial charge in [0.2, 0.25) is 0 Å². The molecule has 2 aromatic rings. The summed E-state index contributed by atoms with van der Waals surface area (Å²) in [5.41, 5.74) is 6.17. The third kappa shape index (κ3) is 6.47. The van der Waals surface area contributed by atoms with E-state index in [9.17, 15) is 8.42 Å². The van der Waals surface area contributed by atoms with Crippen LogP contribution in [0.2, 0.25) is 0 Å². The second kappa shape index (κ2) is 10.1. The first kappa shape index (κ1) is 23.2. The molecule has 3 rings (SSSR count). The maximum absolute atomic E-state index is 10.0. The van der Waals surface area contributed by atoms with Crippen LogP contribution in [0.15, 0.2) is 30.3 Å². The van der Waals surface area contributed by atoms with E-state index >= 15 is 0 Å². The summed E-state index contributed by atoms with van der Waals surface area (Å²) in [6.45, 7) is 11.0.